The van der Waals surface area contributed by atoms with Crippen LogP contribution in [0.3, 0.4) is 0 Å². The van der Waals surface area contributed by atoms with E-state index in [0.717, 1.165) is 10.9 Å². The van der Waals surface area contributed by atoms with Crippen LogP contribution in [0.2, 0.25) is 0 Å². The Morgan fingerprint density at radius 2 is 2.04 bits per heavy atom. The quantitative estimate of drug-likeness (QED) is 0.882. The third-order valence-electron chi connectivity index (χ3n) is 3.55. The van der Waals surface area contributed by atoms with E-state index in [1.54, 1.807) is 27.0 Å². The molecular formula is C17H21N3O3. The van der Waals surface area contributed by atoms with E-state index < -0.39 is 6.04 Å². The lowest BCUT2D eigenvalue weighted by atomic mass is 10.1. The number of nitrogens with one attached hydrogen (secondary N) is 2. The number of likely N-dealkylation sites (N-methyl/N-ethyl adjacent to an activating group) is 1. The van der Waals surface area contributed by atoms with E-state index >= 15 is 0 Å². The number of rotatable bonds is 5. The Kier molecular flexibility index (Phi) is 5.16. The van der Waals surface area contributed by atoms with Gasteiger partial charge >= 0.3 is 0 Å². The molecule has 23 heavy (non-hydrogen) atoms. The van der Waals surface area contributed by atoms with Gasteiger partial charge in [-0.05, 0) is 39.0 Å². The highest BCUT2D eigenvalue weighted by Crippen LogP contribution is 2.21. The van der Waals surface area contributed by atoms with Gasteiger partial charge in [0.2, 0.25) is 5.91 Å². The number of benzene rings is 1. The molecule has 0 spiro atoms. The summed E-state index contributed by atoms with van der Waals surface area (Å²) >= 11 is 0. The normalized spacial score (nSPS) is 11.8. The van der Waals surface area contributed by atoms with Gasteiger partial charge in [-0.2, -0.15) is 0 Å². The van der Waals surface area contributed by atoms with E-state index in [1.165, 1.54) is 0 Å². The molecule has 0 saturated carbocycles. The summed E-state index contributed by atoms with van der Waals surface area (Å²) in [5, 5.41) is 6.21. The predicted molar refractivity (Wildman–Crippen MR) is 88.6 cm³/mol. The van der Waals surface area contributed by atoms with Crippen LogP contribution in [0, 0.1) is 6.92 Å². The number of aromatic nitrogens is 1. The van der Waals surface area contributed by atoms with Crippen molar-refractivity contribution in [3.05, 3.63) is 35.5 Å². The highest BCUT2D eigenvalue weighted by Gasteiger charge is 2.18. The highest BCUT2D eigenvalue weighted by atomic mass is 16.5. The van der Waals surface area contributed by atoms with Crippen molar-refractivity contribution in [3.63, 3.8) is 0 Å². The molecule has 2 rings (SSSR count). The van der Waals surface area contributed by atoms with Gasteiger partial charge in [0.05, 0.1) is 23.9 Å². The first-order valence-corrected chi connectivity index (χ1v) is 7.50. The topological polar surface area (TPSA) is 80.3 Å². The molecule has 0 fully saturated rings. The molecule has 2 aromatic rings. The minimum absolute atomic E-state index is 0.211. The number of fused-ring (bicyclic) bond motifs is 1. The molecule has 2 amide bonds. The smallest absolute Gasteiger partial charge is 0.253 e. The van der Waals surface area contributed by atoms with Crippen molar-refractivity contribution in [2.45, 2.75) is 26.8 Å². The van der Waals surface area contributed by atoms with Gasteiger partial charge in [0, 0.05) is 18.0 Å². The van der Waals surface area contributed by atoms with Gasteiger partial charge in [0.1, 0.15) is 11.8 Å². The fraction of sp³-hybridized carbons (Fsp3) is 0.353. The number of amides is 2. The molecule has 122 valence electrons. The molecule has 0 aliphatic carbocycles. The van der Waals surface area contributed by atoms with Crippen molar-refractivity contribution < 1.29 is 14.3 Å². The molecule has 0 saturated heterocycles. The highest BCUT2D eigenvalue weighted by molar-refractivity contribution is 6.00. The van der Waals surface area contributed by atoms with Crippen LogP contribution in [-0.4, -0.2) is 36.5 Å². The molecule has 6 heteroatoms. The van der Waals surface area contributed by atoms with Crippen molar-refractivity contribution in [1.82, 2.24) is 15.6 Å². The van der Waals surface area contributed by atoms with Gasteiger partial charge in [0.25, 0.3) is 5.91 Å². The first-order valence-electron chi connectivity index (χ1n) is 7.50. The minimum atomic E-state index is -0.603. The van der Waals surface area contributed by atoms with E-state index in [0.29, 0.717) is 23.6 Å². The number of methoxy groups -OCH3 is 1. The summed E-state index contributed by atoms with van der Waals surface area (Å²) in [6.45, 7) is 5.78. The number of pyridine rings is 1. The van der Waals surface area contributed by atoms with Crippen LogP contribution in [0.15, 0.2) is 24.3 Å². The maximum absolute atomic E-state index is 12.4. The molecule has 0 aliphatic heterocycles. The predicted octanol–water partition coefficient (Wildman–Crippen LogP) is 1.81. The summed E-state index contributed by atoms with van der Waals surface area (Å²) in [5.41, 5.74) is 1.82. The van der Waals surface area contributed by atoms with Crippen LogP contribution in [0.25, 0.3) is 10.9 Å². The van der Waals surface area contributed by atoms with E-state index in [1.807, 2.05) is 25.1 Å². The summed E-state index contributed by atoms with van der Waals surface area (Å²) in [4.78, 5) is 28.6. The van der Waals surface area contributed by atoms with Gasteiger partial charge in [0.15, 0.2) is 0 Å². The molecule has 1 heterocycles. The standard InChI is InChI=1S/C17H21N3O3/c1-5-18-16(21)11(3)20-17(22)14-8-12-6-7-13(23-4)9-15(12)19-10(14)2/h6-9,11H,5H2,1-4H3,(H,18,21)(H,20,22). The summed E-state index contributed by atoms with van der Waals surface area (Å²) in [5.74, 6) is 0.190. The first-order chi connectivity index (χ1) is 11.0. The number of carbonyl (C=O) groups excluding carboxylic acids is 2. The fourth-order valence-corrected chi connectivity index (χ4v) is 2.27. The van der Waals surface area contributed by atoms with E-state index in [9.17, 15) is 9.59 Å². The zero-order chi connectivity index (χ0) is 17.0. The van der Waals surface area contributed by atoms with Gasteiger partial charge in [-0.3, -0.25) is 14.6 Å². The summed E-state index contributed by atoms with van der Waals surface area (Å²) in [7, 11) is 1.60. The monoisotopic (exact) mass is 315 g/mol. The first kappa shape index (κ1) is 16.7. The Morgan fingerprint density at radius 1 is 1.30 bits per heavy atom. The maximum atomic E-state index is 12.4. The van der Waals surface area contributed by atoms with Crippen LogP contribution in [0.5, 0.6) is 5.75 Å². The molecule has 2 N–H and O–H groups in total. The fourth-order valence-electron chi connectivity index (χ4n) is 2.27. The van der Waals surface area contributed by atoms with Crippen LogP contribution < -0.4 is 15.4 Å². The number of ether oxygens (including phenoxy) is 1. The summed E-state index contributed by atoms with van der Waals surface area (Å²) in [6.07, 6.45) is 0. The van der Waals surface area contributed by atoms with Crippen molar-refractivity contribution in [2.24, 2.45) is 0 Å². The molecular weight excluding hydrogens is 294 g/mol. The average Bonchev–Trinajstić information content (AvgIpc) is 2.53. The van der Waals surface area contributed by atoms with Crippen LogP contribution >= 0.6 is 0 Å². The molecule has 0 bridgehead atoms. The Bertz CT molecular complexity index is 743. The number of hydrogen-bond acceptors (Lipinski definition) is 4. The minimum Gasteiger partial charge on any atom is -0.497 e. The zero-order valence-electron chi connectivity index (χ0n) is 13.8. The molecule has 0 aliphatic rings. The van der Waals surface area contributed by atoms with Crippen molar-refractivity contribution in [3.8, 4) is 5.75 Å². The number of aryl methyl sites for hydroxylation is 1. The molecule has 0 radical (unpaired) electrons. The summed E-state index contributed by atoms with van der Waals surface area (Å²) in [6, 6.07) is 6.66. The van der Waals surface area contributed by atoms with Gasteiger partial charge in [-0.25, -0.2) is 0 Å². The Labute approximate surface area is 135 Å². The third-order valence-corrected chi connectivity index (χ3v) is 3.55. The molecule has 1 aromatic heterocycles. The van der Waals surface area contributed by atoms with Crippen molar-refractivity contribution >= 4 is 22.7 Å². The van der Waals surface area contributed by atoms with Gasteiger partial charge in [-0.1, -0.05) is 0 Å². The van der Waals surface area contributed by atoms with Gasteiger partial charge in [-0.15, -0.1) is 0 Å². The number of carbonyl (C=O) groups is 2. The second-order valence-corrected chi connectivity index (χ2v) is 5.27. The molecule has 6 nitrogen and oxygen atoms in total. The van der Waals surface area contributed by atoms with Crippen LogP contribution in [0.1, 0.15) is 29.9 Å². The van der Waals surface area contributed by atoms with Crippen molar-refractivity contribution in [1.29, 1.82) is 0 Å². The Hall–Kier alpha value is -2.63. The molecule has 1 atom stereocenters. The second kappa shape index (κ2) is 7.09. The zero-order valence-corrected chi connectivity index (χ0v) is 13.8. The van der Waals surface area contributed by atoms with E-state index in [2.05, 4.69) is 15.6 Å². The average molecular weight is 315 g/mol. The van der Waals surface area contributed by atoms with Crippen LogP contribution in [0.4, 0.5) is 0 Å². The molecule has 1 unspecified atom stereocenters. The largest absolute Gasteiger partial charge is 0.497 e. The Balaban J connectivity index is 2.26. The van der Waals surface area contributed by atoms with Crippen LogP contribution in [-0.2, 0) is 4.79 Å². The third kappa shape index (κ3) is 3.77. The number of hydrogen-bond donors (Lipinski definition) is 2. The Morgan fingerprint density at radius 3 is 2.70 bits per heavy atom. The summed E-state index contributed by atoms with van der Waals surface area (Å²) < 4.78 is 5.18. The number of nitrogens with zero attached hydrogens (tertiary/aromatic N) is 1. The maximum Gasteiger partial charge on any atom is 0.253 e. The lowest BCUT2D eigenvalue weighted by Crippen LogP contribution is -2.44. The van der Waals surface area contributed by atoms with Crippen molar-refractivity contribution in [2.75, 3.05) is 13.7 Å². The second-order valence-electron chi connectivity index (χ2n) is 5.27. The SMILES string of the molecule is CCNC(=O)C(C)NC(=O)c1cc2ccc(OC)cc2nc1C. The van der Waals surface area contributed by atoms with E-state index in [4.69, 9.17) is 4.74 Å². The van der Waals surface area contributed by atoms with E-state index in [-0.39, 0.29) is 11.8 Å². The molecule has 1 aromatic carbocycles. The lowest BCUT2D eigenvalue weighted by molar-refractivity contribution is -0.122. The van der Waals surface area contributed by atoms with Gasteiger partial charge < -0.3 is 15.4 Å². The lowest BCUT2D eigenvalue weighted by Gasteiger charge is -2.14.